The normalized spacial score (nSPS) is 30.0. The van der Waals surface area contributed by atoms with Crippen LogP contribution in [-0.2, 0) is 0 Å². The highest BCUT2D eigenvalue weighted by atomic mass is 16.3. The van der Waals surface area contributed by atoms with Crippen LogP contribution in [0.5, 0.6) is 0 Å². The van der Waals surface area contributed by atoms with Crippen LogP contribution in [0.25, 0.3) is 0 Å². The smallest absolute Gasteiger partial charge is 0.0580 e. The predicted octanol–water partition coefficient (Wildman–Crippen LogP) is 1.88. The van der Waals surface area contributed by atoms with Crippen LogP contribution >= 0.6 is 0 Å². The van der Waals surface area contributed by atoms with E-state index in [9.17, 15) is 5.11 Å². The van der Waals surface area contributed by atoms with E-state index in [0.717, 1.165) is 13.0 Å². The lowest BCUT2D eigenvalue weighted by Gasteiger charge is -2.32. The van der Waals surface area contributed by atoms with Gasteiger partial charge in [-0.2, -0.15) is 0 Å². The molecule has 0 amide bonds. The van der Waals surface area contributed by atoms with Crippen molar-refractivity contribution in [1.82, 2.24) is 4.90 Å². The second-order valence-corrected chi connectivity index (χ2v) is 4.65. The number of hydrogen-bond donors (Lipinski definition) is 1. The van der Waals surface area contributed by atoms with Crippen LogP contribution < -0.4 is 0 Å². The van der Waals surface area contributed by atoms with E-state index < -0.39 is 0 Å². The maximum atomic E-state index is 9.77. The Bertz CT molecular complexity index is 147. The Morgan fingerprint density at radius 1 is 1.31 bits per heavy atom. The fourth-order valence-corrected chi connectivity index (χ4v) is 1.98. The number of hydrogen-bond acceptors (Lipinski definition) is 2. The summed E-state index contributed by atoms with van der Waals surface area (Å²) in [6.45, 7) is 5.46. The summed E-state index contributed by atoms with van der Waals surface area (Å²) in [5.74, 6) is 0.515. The molecule has 0 aromatic carbocycles. The van der Waals surface area contributed by atoms with Crippen LogP contribution in [0.15, 0.2) is 0 Å². The summed E-state index contributed by atoms with van der Waals surface area (Å²) in [7, 11) is 2.14. The largest absolute Gasteiger partial charge is 0.393 e. The lowest BCUT2D eigenvalue weighted by Crippen LogP contribution is -2.38. The van der Waals surface area contributed by atoms with Crippen molar-refractivity contribution < 1.29 is 5.11 Å². The molecule has 2 atom stereocenters. The zero-order valence-corrected chi connectivity index (χ0v) is 9.16. The lowest BCUT2D eigenvalue weighted by atomic mass is 9.86. The molecular formula is C11H23NO. The molecule has 78 valence electrons. The first-order chi connectivity index (χ1) is 6.11. The first-order valence-electron chi connectivity index (χ1n) is 5.49. The SMILES string of the molecule is CC(C)N(C)CC1CCCCC1O. The maximum Gasteiger partial charge on any atom is 0.0580 e. The summed E-state index contributed by atoms with van der Waals surface area (Å²) in [5, 5.41) is 9.77. The molecule has 1 fully saturated rings. The molecule has 2 heteroatoms. The van der Waals surface area contributed by atoms with Gasteiger partial charge in [-0.3, -0.25) is 0 Å². The highest BCUT2D eigenvalue weighted by molar-refractivity contribution is 4.77. The summed E-state index contributed by atoms with van der Waals surface area (Å²) in [4.78, 5) is 2.33. The van der Waals surface area contributed by atoms with Crippen molar-refractivity contribution in [2.24, 2.45) is 5.92 Å². The van der Waals surface area contributed by atoms with Crippen molar-refractivity contribution in [1.29, 1.82) is 0 Å². The molecule has 1 N–H and O–H groups in total. The second-order valence-electron chi connectivity index (χ2n) is 4.65. The van der Waals surface area contributed by atoms with Crippen LogP contribution in [0.1, 0.15) is 39.5 Å². The summed E-state index contributed by atoms with van der Waals surface area (Å²) >= 11 is 0. The standard InChI is InChI=1S/C11H23NO/c1-9(2)12(3)8-10-6-4-5-7-11(10)13/h9-11,13H,4-8H2,1-3H3. The van der Waals surface area contributed by atoms with Gasteiger partial charge in [0.25, 0.3) is 0 Å². The fraction of sp³-hybridized carbons (Fsp3) is 1.00. The van der Waals surface area contributed by atoms with Crippen LogP contribution in [0.2, 0.25) is 0 Å². The van der Waals surface area contributed by atoms with Crippen molar-refractivity contribution in [3.05, 3.63) is 0 Å². The van der Waals surface area contributed by atoms with Gasteiger partial charge in [-0.25, -0.2) is 0 Å². The molecule has 0 bridgehead atoms. The third-order valence-electron chi connectivity index (χ3n) is 3.27. The van der Waals surface area contributed by atoms with E-state index in [0.29, 0.717) is 12.0 Å². The average Bonchev–Trinajstić information content (AvgIpc) is 2.08. The van der Waals surface area contributed by atoms with E-state index in [4.69, 9.17) is 0 Å². The van der Waals surface area contributed by atoms with Crippen molar-refractivity contribution in [3.63, 3.8) is 0 Å². The summed E-state index contributed by atoms with van der Waals surface area (Å²) < 4.78 is 0. The van der Waals surface area contributed by atoms with Crippen molar-refractivity contribution in [2.45, 2.75) is 51.7 Å². The Hall–Kier alpha value is -0.0800. The minimum atomic E-state index is -0.0463. The molecule has 2 nitrogen and oxygen atoms in total. The summed E-state index contributed by atoms with van der Waals surface area (Å²) in [5.41, 5.74) is 0. The van der Waals surface area contributed by atoms with Gasteiger partial charge in [0, 0.05) is 12.6 Å². The van der Waals surface area contributed by atoms with Gasteiger partial charge in [-0.15, -0.1) is 0 Å². The van der Waals surface area contributed by atoms with Crippen molar-refractivity contribution in [3.8, 4) is 0 Å². The highest BCUT2D eigenvalue weighted by Crippen LogP contribution is 2.25. The molecule has 1 saturated carbocycles. The Kier molecular flexibility index (Phi) is 4.20. The third kappa shape index (κ3) is 3.28. The molecule has 1 rings (SSSR count). The van der Waals surface area contributed by atoms with Gasteiger partial charge in [0.2, 0.25) is 0 Å². The summed E-state index contributed by atoms with van der Waals surface area (Å²) in [6, 6.07) is 0.592. The zero-order chi connectivity index (χ0) is 9.84. The molecule has 1 aliphatic carbocycles. The minimum Gasteiger partial charge on any atom is -0.393 e. The summed E-state index contributed by atoms with van der Waals surface area (Å²) in [6.07, 6.45) is 4.68. The second kappa shape index (κ2) is 4.97. The topological polar surface area (TPSA) is 23.5 Å². The molecule has 2 unspecified atom stereocenters. The Balaban J connectivity index is 2.33. The monoisotopic (exact) mass is 185 g/mol. The zero-order valence-electron chi connectivity index (χ0n) is 9.16. The molecule has 1 aliphatic rings. The fourth-order valence-electron chi connectivity index (χ4n) is 1.98. The molecule has 0 aromatic heterocycles. The minimum absolute atomic E-state index is 0.0463. The number of aliphatic hydroxyl groups excluding tert-OH is 1. The first kappa shape index (κ1) is 11.0. The van der Waals surface area contributed by atoms with E-state index in [1.807, 2.05) is 0 Å². The Morgan fingerprint density at radius 2 is 1.92 bits per heavy atom. The van der Waals surface area contributed by atoms with Gasteiger partial charge in [0.15, 0.2) is 0 Å². The Morgan fingerprint density at radius 3 is 2.46 bits per heavy atom. The van der Waals surface area contributed by atoms with E-state index in [-0.39, 0.29) is 6.10 Å². The lowest BCUT2D eigenvalue weighted by molar-refractivity contribution is 0.0462. The van der Waals surface area contributed by atoms with Gasteiger partial charge in [0.1, 0.15) is 0 Å². The first-order valence-corrected chi connectivity index (χ1v) is 5.49. The molecule has 13 heavy (non-hydrogen) atoms. The van der Waals surface area contributed by atoms with Gasteiger partial charge < -0.3 is 10.0 Å². The van der Waals surface area contributed by atoms with E-state index in [2.05, 4.69) is 25.8 Å². The van der Waals surface area contributed by atoms with Crippen molar-refractivity contribution >= 4 is 0 Å². The molecular weight excluding hydrogens is 162 g/mol. The van der Waals surface area contributed by atoms with Crippen LogP contribution in [0.4, 0.5) is 0 Å². The third-order valence-corrected chi connectivity index (χ3v) is 3.27. The predicted molar refractivity (Wildman–Crippen MR) is 55.7 cm³/mol. The van der Waals surface area contributed by atoms with Crippen LogP contribution in [-0.4, -0.2) is 35.7 Å². The molecule has 0 aromatic rings. The number of nitrogens with zero attached hydrogens (tertiary/aromatic N) is 1. The van der Waals surface area contributed by atoms with E-state index in [1.165, 1.54) is 19.3 Å². The van der Waals surface area contributed by atoms with Crippen LogP contribution in [0.3, 0.4) is 0 Å². The van der Waals surface area contributed by atoms with Crippen LogP contribution in [0, 0.1) is 5.92 Å². The molecule has 0 spiro atoms. The van der Waals surface area contributed by atoms with E-state index >= 15 is 0 Å². The van der Waals surface area contributed by atoms with Gasteiger partial charge in [-0.05, 0) is 39.7 Å². The van der Waals surface area contributed by atoms with Crippen molar-refractivity contribution in [2.75, 3.05) is 13.6 Å². The quantitative estimate of drug-likeness (QED) is 0.725. The van der Waals surface area contributed by atoms with Gasteiger partial charge >= 0.3 is 0 Å². The van der Waals surface area contributed by atoms with E-state index in [1.54, 1.807) is 0 Å². The molecule has 0 radical (unpaired) electrons. The molecule has 0 heterocycles. The molecule has 0 aliphatic heterocycles. The van der Waals surface area contributed by atoms with Gasteiger partial charge in [0.05, 0.1) is 6.10 Å². The maximum absolute atomic E-state index is 9.77. The van der Waals surface area contributed by atoms with Gasteiger partial charge in [-0.1, -0.05) is 12.8 Å². The number of aliphatic hydroxyl groups is 1. The average molecular weight is 185 g/mol. The number of rotatable bonds is 3. The molecule has 0 saturated heterocycles. The highest BCUT2D eigenvalue weighted by Gasteiger charge is 2.24. The Labute approximate surface area is 81.9 Å².